The van der Waals surface area contributed by atoms with Crippen LogP contribution in [0, 0.1) is 5.82 Å². The predicted molar refractivity (Wildman–Crippen MR) is 177 cm³/mol. The zero-order chi connectivity index (χ0) is 33.2. The highest BCUT2D eigenvalue weighted by Gasteiger charge is 2.39. The molecule has 12 heteroatoms. The number of nitrogens with zero attached hydrogens (tertiary/aromatic N) is 2. The molecule has 242 valence electrons. The van der Waals surface area contributed by atoms with Gasteiger partial charge in [-0.2, -0.15) is 0 Å². The lowest BCUT2D eigenvalue weighted by Crippen LogP contribution is -2.38. The van der Waals surface area contributed by atoms with Crippen LogP contribution in [0.4, 0.5) is 26.4 Å². The molecule has 0 spiro atoms. The average Bonchev–Trinajstić information content (AvgIpc) is 3.53. The number of likely N-dealkylation sites (tertiary alicyclic amines) is 1. The third-order valence-corrected chi connectivity index (χ3v) is 10.6. The van der Waals surface area contributed by atoms with Gasteiger partial charge in [0, 0.05) is 35.1 Å². The van der Waals surface area contributed by atoms with Gasteiger partial charge in [-0.25, -0.2) is 22.6 Å². The van der Waals surface area contributed by atoms with Crippen molar-refractivity contribution in [2.75, 3.05) is 30.0 Å². The Labute approximate surface area is 268 Å². The van der Waals surface area contributed by atoms with Gasteiger partial charge in [-0.05, 0) is 98.2 Å². The van der Waals surface area contributed by atoms with Crippen LogP contribution in [0.25, 0.3) is 10.8 Å². The van der Waals surface area contributed by atoms with E-state index in [0.717, 1.165) is 16.3 Å². The molecule has 2 atom stereocenters. The number of methoxy groups -OCH3 is 1. The first-order chi connectivity index (χ1) is 21.9. The van der Waals surface area contributed by atoms with Crippen molar-refractivity contribution in [3.8, 4) is 0 Å². The van der Waals surface area contributed by atoms with Gasteiger partial charge in [0.15, 0.2) is 9.84 Å². The molecule has 1 aromatic heterocycles. The van der Waals surface area contributed by atoms with Crippen molar-refractivity contribution in [3.05, 3.63) is 89.4 Å². The molecule has 1 fully saturated rings. The molecule has 1 saturated heterocycles. The fraction of sp³-hybridized carbons (Fsp3) is 0.324. The Bertz CT molecular complexity index is 1900. The molecule has 4 N–H and O–H groups in total. The van der Waals surface area contributed by atoms with Gasteiger partial charge in [0.1, 0.15) is 17.7 Å². The minimum Gasteiger partial charge on any atom is -0.453 e. The maximum Gasteiger partial charge on any atom is 0.411 e. The third kappa shape index (κ3) is 6.48. The second kappa shape index (κ2) is 13.3. The SMILES string of the molecule is CCc1ccc(F)c(C(Nc2ccc3c(N)nccc3c2)C(=O)N2CCCC2c2cc(NC(=O)OC)ccc2S(=O)(=O)C(C)C)c1. The number of aromatic nitrogens is 1. The molecule has 0 radical (unpaired) electrons. The van der Waals surface area contributed by atoms with Gasteiger partial charge in [-0.3, -0.25) is 10.1 Å². The Morgan fingerprint density at radius 3 is 2.57 bits per heavy atom. The molecule has 0 saturated carbocycles. The van der Waals surface area contributed by atoms with E-state index in [0.29, 0.717) is 48.6 Å². The fourth-order valence-electron chi connectivity index (χ4n) is 5.85. The molecule has 4 aromatic rings. The molecule has 2 heterocycles. The van der Waals surface area contributed by atoms with Crippen molar-refractivity contribution in [2.24, 2.45) is 0 Å². The van der Waals surface area contributed by atoms with E-state index < -0.39 is 45.0 Å². The van der Waals surface area contributed by atoms with E-state index in [1.54, 1.807) is 61.3 Å². The van der Waals surface area contributed by atoms with Gasteiger partial charge in [0.25, 0.3) is 0 Å². The number of amides is 2. The first kappa shape index (κ1) is 32.7. The number of sulfone groups is 1. The Kier molecular flexibility index (Phi) is 9.47. The minimum absolute atomic E-state index is 0.0759. The van der Waals surface area contributed by atoms with E-state index in [1.165, 1.54) is 25.3 Å². The van der Waals surface area contributed by atoms with Gasteiger partial charge in [0.05, 0.1) is 23.3 Å². The van der Waals surface area contributed by atoms with E-state index in [1.807, 2.05) is 13.0 Å². The zero-order valence-corrected chi connectivity index (χ0v) is 27.0. The van der Waals surface area contributed by atoms with Crippen molar-refractivity contribution >= 4 is 49.8 Å². The summed E-state index contributed by atoms with van der Waals surface area (Å²) in [6.07, 6.45) is 2.58. The minimum atomic E-state index is -3.78. The number of rotatable bonds is 9. The standard InChI is InChI=1S/C34H38FN5O5S/c1-5-21-8-12-28(35)26(17-21)31(38-23-9-11-25-22(18-23)14-15-37-32(25)36)33(41)40-16-6-7-29(40)27-19-24(39-34(42)45-4)10-13-30(27)46(43,44)20(2)3/h8-15,17-20,29,31,38H,5-7,16H2,1-4H3,(H2,36,37)(H,39,42). The fourth-order valence-corrected chi connectivity index (χ4v) is 7.14. The summed E-state index contributed by atoms with van der Waals surface area (Å²) in [5, 5.41) is 6.68. The first-order valence-electron chi connectivity index (χ1n) is 15.2. The maximum atomic E-state index is 15.6. The lowest BCUT2D eigenvalue weighted by Gasteiger charge is -2.32. The van der Waals surface area contributed by atoms with Crippen molar-refractivity contribution in [3.63, 3.8) is 0 Å². The predicted octanol–water partition coefficient (Wildman–Crippen LogP) is 6.40. The highest BCUT2D eigenvalue weighted by molar-refractivity contribution is 7.92. The lowest BCUT2D eigenvalue weighted by atomic mass is 9.98. The van der Waals surface area contributed by atoms with Gasteiger partial charge >= 0.3 is 6.09 Å². The van der Waals surface area contributed by atoms with Crippen LogP contribution in [-0.2, 0) is 25.8 Å². The van der Waals surface area contributed by atoms with Crippen molar-refractivity contribution in [2.45, 2.75) is 62.3 Å². The highest BCUT2D eigenvalue weighted by atomic mass is 32.2. The van der Waals surface area contributed by atoms with Crippen molar-refractivity contribution < 1.29 is 27.1 Å². The smallest absolute Gasteiger partial charge is 0.411 e. The van der Waals surface area contributed by atoms with E-state index in [2.05, 4.69) is 15.6 Å². The summed E-state index contributed by atoms with van der Waals surface area (Å²) < 4.78 is 47.4. The number of pyridine rings is 1. The average molecular weight is 648 g/mol. The van der Waals surface area contributed by atoms with E-state index >= 15 is 4.39 Å². The number of nitrogens with one attached hydrogen (secondary N) is 2. The molecule has 2 unspecified atom stereocenters. The number of halogens is 1. The van der Waals surface area contributed by atoms with Crippen molar-refractivity contribution in [1.82, 2.24) is 9.88 Å². The number of carbonyl (C=O) groups is 2. The number of nitrogens with two attached hydrogens (primary N) is 1. The molecule has 46 heavy (non-hydrogen) atoms. The molecule has 10 nitrogen and oxygen atoms in total. The summed E-state index contributed by atoms with van der Waals surface area (Å²) in [4.78, 5) is 32.5. The largest absolute Gasteiger partial charge is 0.453 e. The monoisotopic (exact) mass is 647 g/mol. The van der Waals surface area contributed by atoms with Crippen LogP contribution in [0.5, 0.6) is 0 Å². The van der Waals surface area contributed by atoms with Gasteiger partial charge in [-0.1, -0.05) is 19.1 Å². The number of carbonyl (C=O) groups excluding carboxylic acids is 2. The number of hydrogen-bond acceptors (Lipinski definition) is 8. The van der Waals surface area contributed by atoms with Crippen molar-refractivity contribution in [1.29, 1.82) is 0 Å². The Hall–Kier alpha value is -4.71. The van der Waals surface area contributed by atoms with Crippen LogP contribution < -0.4 is 16.4 Å². The van der Waals surface area contributed by atoms with Crippen LogP contribution >= 0.6 is 0 Å². The Morgan fingerprint density at radius 2 is 1.85 bits per heavy atom. The second-order valence-electron chi connectivity index (χ2n) is 11.6. The molecule has 2 amide bonds. The van der Waals surface area contributed by atoms with E-state index in [-0.39, 0.29) is 10.5 Å². The number of benzene rings is 3. The van der Waals surface area contributed by atoms with Crippen LogP contribution in [0.15, 0.2) is 71.8 Å². The molecular formula is C34H38FN5O5S. The lowest BCUT2D eigenvalue weighted by molar-refractivity contribution is -0.133. The number of fused-ring (bicyclic) bond motifs is 1. The van der Waals surface area contributed by atoms with Gasteiger partial charge in [0.2, 0.25) is 5.91 Å². The second-order valence-corrected chi connectivity index (χ2v) is 14.0. The highest BCUT2D eigenvalue weighted by Crippen LogP contribution is 2.40. The summed E-state index contributed by atoms with van der Waals surface area (Å²) in [6.45, 7) is 5.46. The number of ether oxygens (including phenoxy) is 1. The first-order valence-corrected chi connectivity index (χ1v) is 16.7. The van der Waals surface area contributed by atoms with Gasteiger partial charge in [-0.15, -0.1) is 0 Å². The molecule has 0 aliphatic carbocycles. The third-order valence-electron chi connectivity index (χ3n) is 8.40. The molecule has 1 aliphatic rings. The molecule has 5 rings (SSSR count). The quantitative estimate of drug-likeness (QED) is 0.190. The van der Waals surface area contributed by atoms with Crippen LogP contribution in [-0.4, -0.2) is 49.2 Å². The van der Waals surface area contributed by atoms with Crippen LogP contribution in [0.2, 0.25) is 0 Å². The summed E-state index contributed by atoms with van der Waals surface area (Å²) >= 11 is 0. The van der Waals surface area contributed by atoms with Crippen LogP contribution in [0.3, 0.4) is 0 Å². The molecular weight excluding hydrogens is 609 g/mol. The van der Waals surface area contributed by atoms with E-state index in [9.17, 15) is 18.0 Å². The van der Waals surface area contributed by atoms with Crippen LogP contribution in [0.1, 0.15) is 62.4 Å². The number of hydrogen-bond donors (Lipinski definition) is 3. The Morgan fingerprint density at radius 1 is 1.09 bits per heavy atom. The summed E-state index contributed by atoms with van der Waals surface area (Å²) in [5.74, 6) is -0.585. The number of anilines is 3. The molecule has 1 aliphatic heterocycles. The topological polar surface area (TPSA) is 144 Å². The number of nitrogen functional groups attached to an aromatic ring is 1. The molecule has 3 aromatic carbocycles. The van der Waals surface area contributed by atoms with Gasteiger partial charge < -0.3 is 20.7 Å². The normalized spacial score (nSPS) is 15.6. The summed E-state index contributed by atoms with van der Waals surface area (Å²) in [7, 11) is -2.55. The summed E-state index contributed by atoms with van der Waals surface area (Å²) in [5.41, 5.74) is 8.36. The zero-order valence-electron chi connectivity index (χ0n) is 26.2. The number of aryl methyl sites for hydroxylation is 1. The Balaban J connectivity index is 1.60. The summed E-state index contributed by atoms with van der Waals surface area (Å²) in [6, 6.07) is 14.7. The molecule has 0 bridgehead atoms. The maximum absolute atomic E-state index is 15.6. The van der Waals surface area contributed by atoms with E-state index in [4.69, 9.17) is 10.5 Å².